The summed E-state index contributed by atoms with van der Waals surface area (Å²) >= 11 is 5.89. The molecule has 1 aliphatic heterocycles. The van der Waals surface area contributed by atoms with Crippen LogP contribution in [0.25, 0.3) is 11.3 Å². The fourth-order valence-corrected chi connectivity index (χ4v) is 3.68. The number of carbonyl (C=O) groups excluding carboxylic acids is 1. The molecule has 1 amide bonds. The van der Waals surface area contributed by atoms with E-state index in [1.54, 1.807) is 0 Å². The van der Waals surface area contributed by atoms with Crippen LogP contribution in [0.2, 0.25) is 5.02 Å². The minimum Gasteiger partial charge on any atom is -0.355 e. The molecule has 144 valence electrons. The first kappa shape index (κ1) is 18.6. The third-order valence-corrected chi connectivity index (χ3v) is 5.36. The Balaban J connectivity index is 1.28. The number of aromatic amines is 1. The summed E-state index contributed by atoms with van der Waals surface area (Å²) in [5.41, 5.74) is 3.13. The van der Waals surface area contributed by atoms with Gasteiger partial charge in [-0.3, -0.25) is 9.89 Å². The van der Waals surface area contributed by atoms with Crippen LogP contribution in [0.1, 0.15) is 18.4 Å². The van der Waals surface area contributed by atoms with Crippen molar-refractivity contribution in [1.82, 2.24) is 15.5 Å². The van der Waals surface area contributed by atoms with E-state index in [0.29, 0.717) is 11.4 Å². The first-order valence-corrected chi connectivity index (χ1v) is 9.95. The van der Waals surface area contributed by atoms with Crippen molar-refractivity contribution in [3.05, 3.63) is 71.2 Å². The standard InChI is InChI=1S/C22H23ClN4O/c23-18-8-6-16(7-9-18)14-22(28)24-19-10-12-27(13-11-19)21-15-20(25-26-21)17-4-2-1-3-5-17/h1-9,15,19H,10-14H2,(H,24,28)(H,25,26). The van der Waals surface area contributed by atoms with Gasteiger partial charge in [0.15, 0.2) is 5.82 Å². The molecule has 0 bridgehead atoms. The molecule has 1 fully saturated rings. The SMILES string of the molecule is O=C(Cc1ccc(Cl)cc1)NC1CCN(c2cc(-c3ccccc3)[nH]n2)CC1. The zero-order valence-electron chi connectivity index (χ0n) is 15.6. The summed E-state index contributed by atoms with van der Waals surface area (Å²) in [6, 6.07) is 19.9. The number of piperidine rings is 1. The average Bonchev–Trinajstić information content (AvgIpc) is 3.21. The fourth-order valence-electron chi connectivity index (χ4n) is 3.56. The summed E-state index contributed by atoms with van der Waals surface area (Å²) < 4.78 is 0. The number of anilines is 1. The van der Waals surface area contributed by atoms with Crippen LogP contribution in [-0.2, 0) is 11.2 Å². The van der Waals surface area contributed by atoms with Crippen LogP contribution < -0.4 is 10.2 Å². The number of nitrogens with zero attached hydrogens (tertiary/aromatic N) is 2. The van der Waals surface area contributed by atoms with E-state index < -0.39 is 0 Å². The summed E-state index contributed by atoms with van der Waals surface area (Å²) in [6.45, 7) is 1.76. The zero-order chi connectivity index (χ0) is 19.3. The molecule has 1 aliphatic rings. The topological polar surface area (TPSA) is 61.0 Å². The largest absolute Gasteiger partial charge is 0.355 e. The smallest absolute Gasteiger partial charge is 0.224 e. The van der Waals surface area contributed by atoms with E-state index in [2.05, 4.69) is 38.6 Å². The van der Waals surface area contributed by atoms with Crippen molar-refractivity contribution >= 4 is 23.3 Å². The molecule has 1 aromatic heterocycles. The number of nitrogens with one attached hydrogen (secondary N) is 2. The Bertz CT molecular complexity index is 915. The number of hydrogen-bond acceptors (Lipinski definition) is 3. The summed E-state index contributed by atoms with van der Waals surface area (Å²) in [5.74, 6) is 1.02. The first-order chi connectivity index (χ1) is 13.7. The monoisotopic (exact) mass is 394 g/mol. The Labute approximate surface area is 169 Å². The quantitative estimate of drug-likeness (QED) is 0.686. The maximum absolute atomic E-state index is 12.3. The number of hydrogen-bond donors (Lipinski definition) is 2. The highest BCUT2D eigenvalue weighted by molar-refractivity contribution is 6.30. The van der Waals surface area contributed by atoms with Gasteiger partial charge in [0.2, 0.25) is 5.91 Å². The van der Waals surface area contributed by atoms with Gasteiger partial charge in [-0.25, -0.2) is 0 Å². The van der Waals surface area contributed by atoms with Crippen LogP contribution >= 0.6 is 11.6 Å². The lowest BCUT2D eigenvalue weighted by Crippen LogP contribution is -2.45. The molecule has 0 saturated carbocycles. The van der Waals surface area contributed by atoms with Crippen molar-refractivity contribution in [1.29, 1.82) is 0 Å². The molecule has 3 aromatic rings. The predicted molar refractivity (Wildman–Crippen MR) is 113 cm³/mol. The van der Waals surface area contributed by atoms with E-state index in [-0.39, 0.29) is 11.9 Å². The molecule has 0 aliphatic carbocycles. The molecule has 28 heavy (non-hydrogen) atoms. The number of carbonyl (C=O) groups is 1. The maximum atomic E-state index is 12.3. The second kappa shape index (κ2) is 8.48. The summed E-state index contributed by atoms with van der Waals surface area (Å²) in [5, 5.41) is 11.4. The van der Waals surface area contributed by atoms with Crippen molar-refractivity contribution in [2.75, 3.05) is 18.0 Å². The summed E-state index contributed by atoms with van der Waals surface area (Å²) in [4.78, 5) is 14.6. The average molecular weight is 395 g/mol. The Kier molecular flexibility index (Phi) is 5.63. The summed E-state index contributed by atoms with van der Waals surface area (Å²) in [6.07, 6.45) is 2.22. The summed E-state index contributed by atoms with van der Waals surface area (Å²) in [7, 11) is 0. The highest BCUT2D eigenvalue weighted by Gasteiger charge is 2.22. The van der Waals surface area contributed by atoms with Crippen LogP contribution in [0, 0.1) is 0 Å². The van der Waals surface area contributed by atoms with Gasteiger partial charge in [-0.1, -0.05) is 54.1 Å². The lowest BCUT2D eigenvalue weighted by Gasteiger charge is -2.32. The Hall–Kier alpha value is -2.79. The minimum absolute atomic E-state index is 0.0619. The molecule has 2 heterocycles. The lowest BCUT2D eigenvalue weighted by molar-refractivity contribution is -0.121. The predicted octanol–water partition coefficient (Wildman–Crippen LogP) is 4.06. The molecule has 4 rings (SSSR count). The molecule has 0 atom stereocenters. The van der Waals surface area contributed by atoms with Crippen LogP contribution in [0.4, 0.5) is 5.82 Å². The van der Waals surface area contributed by atoms with Crippen LogP contribution in [0.5, 0.6) is 0 Å². The molecule has 0 radical (unpaired) electrons. The zero-order valence-corrected chi connectivity index (χ0v) is 16.3. The van der Waals surface area contributed by atoms with Crippen LogP contribution in [0.3, 0.4) is 0 Å². The number of H-pyrrole nitrogens is 1. The number of halogens is 1. The third-order valence-electron chi connectivity index (χ3n) is 5.11. The molecule has 1 saturated heterocycles. The van der Waals surface area contributed by atoms with E-state index >= 15 is 0 Å². The van der Waals surface area contributed by atoms with Crippen molar-refractivity contribution < 1.29 is 4.79 Å². The third kappa shape index (κ3) is 4.54. The van der Waals surface area contributed by atoms with Gasteiger partial charge >= 0.3 is 0 Å². The highest BCUT2D eigenvalue weighted by Crippen LogP contribution is 2.24. The van der Waals surface area contributed by atoms with Gasteiger partial charge in [-0.05, 0) is 36.1 Å². The van der Waals surface area contributed by atoms with E-state index in [9.17, 15) is 4.79 Å². The number of rotatable bonds is 5. The maximum Gasteiger partial charge on any atom is 0.224 e. The van der Waals surface area contributed by atoms with Crippen molar-refractivity contribution in [3.8, 4) is 11.3 Å². The molecular formula is C22H23ClN4O. The Morgan fingerprint density at radius 1 is 1.11 bits per heavy atom. The van der Waals surface area contributed by atoms with Gasteiger partial charge in [0, 0.05) is 30.2 Å². The lowest BCUT2D eigenvalue weighted by atomic mass is 10.0. The molecule has 2 aromatic carbocycles. The second-order valence-corrected chi connectivity index (χ2v) is 7.57. The molecular weight excluding hydrogens is 372 g/mol. The van der Waals surface area contributed by atoms with E-state index in [0.717, 1.165) is 48.6 Å². The van der Waals surface area contributed by atoms with Crippen LogP contribution in [0.15, 0.2) is 60.7 Å². The molecule has 2 N–H and O–H groups in total. The molecule has 0 unspecified atom stereocenters. The van der Waals surface area contributed by atoms with Gasteiger partial charge in [-0.2, -0.15) is 5.10 Å². The van der Waals surface area contributed by atoms with Gasteiger partial charge < -0.3 is 10.2 Å². The Morgan fingerprint density at radius 3 is 2.54 bits per heavy atom. The van der Waals surface area contributed by atoms with Crippen LogP contribution in [-0.4, -0.2) is 35.2 Å². The number of amides is 1. The Morgan fingerprint density at radius 2 is 1.82 bits per heavy atom. The van der Waals surface area contributed by atoms with Gasteiger partial charge in [-0.15, -0.1) is 0 Å². The van der Waals surface area contributed by atoms with E-state index in [1.807, 2.05) is 42.5 Å². The van der Waals surface area contributed by atoms with Crippen molar-refractivity contribution in [2.24, 2.45) is 0 Å². The number of benzene rings is 2. The fraction of sp³-hybridized carbons (Fsp3) is 0.273. The van der Waals surface area contributed by atoms with Crippen molar-refractivity contribution in [3.63, 3.8) is 0 Å². The van der Waals surface area contributed by atoms with E-state index in [4.69, 9.17) is 11.6 Å². The molecule has 0 spiro atoms. The van der Waals surface area contributed by atoms with Crippen molar-refractivity contribution in [2.45, 2.75) is 25.3 Å². The molecule has 5 nitrogen and oxygen atoms in total. The highest BCUT2D eigenvalue weighted by atomic mass is 35.5. The normalized spacial score (nSPS) is 14.8. The first-order valence-electron chi connectivity index (χ1n) is 9.57. The van der Waals surface area contributed by atoms with Gasteiger partial charge in [0.25, 0.3) is 0 Å². The minimum atomic E-state index is 0.0619. The van der Waals surface area contributed by atoms with Gasteiger partial charge in [0.05, 0.1) is 12.1 Å². The van der Waals surface area contributed by atoms with Gasteiger partial charge in [0.1, 0.15) is 0 Å². The second-order valence-electron chi connectivity index (χ2n) is 7.14. The number of aromatic nitrogens is 2. The van der Waals surface area contributed by atoms with E-state index in [1.165, 1.54) is 0 Å². The molecule has 6 heteroatoms.